The minimum atomic E-state index is 0.0933. The summed E-state index contributed by atoms with van der Waals surface area (Å²) in [6.07, 6.45) is 5.81. The summed E-state index contributed by atoms with van der Waals surface area (Å²) in [5.41, 5.74) is 3.55. The van der Waals surface area contributed by atoms with E-state index in [4.69, 9.17) is 0 Å². The highest BCUT2D eigenvalue weighted by Gasteiger charge is 2.15. The van der Waals surface area contributed by atoms with Crippen LogP contribution in [0.3, 0.4) is 0 Å². The van der Waals surface area contributed by atoms with E-state index in [-0.39, 0.29) is 5.41 Å². The minimum Gasteiger partial charge on any atom is -0.261 e. The summed E-state index contributed by atoms with van der Waals surface area (Å²) in [6, 6.07) is 4.16. The standard InChI is InChI=1S/C14H19N.C2H4/c1-6-11(7-2)12-8-9-15-13(10-12)14(3,4)5;1-2/h6-10H,1H2,2-5H3;1-2H2/b11-7+;. The number of hydrogen-bond donors (Lipinski definition) is 0. The Morgan fingerprint density at radius 1 is 1.29 bits per heavy atom. The Morgan fingerprint density at radius 2 is 1.88 bits per heavy atom. The molecule has 0 fully saturated rings. The lowest BCUT2D eigenvalue weighted by molar-refractivity contribution is 0.569. The van der Waals surface area contributed by atoms with E-state index in [1.165, 1.54) is 5.56 Å². The molecule has 1 aromatic heterocycles. The zero-order chi connectivity index (χ0) is 13.5. The number of pyridine rings is 1. The van der Waals surface area contributed by atoms with Crippen LogP contribution >= 0.6 is 0 Å². The Hall–Kier alpha value is -1.63. The highest BCUT2D eigenvalue weighted by Crippen LogP contribution is 2.23. The highest BCUT2D eigenvalue weighted by molar-refractivity contribution is 5.73. The van der Waals surface area contributed by atoms with Crippen molar-refractivity contribution in [1.29, 1.82) is 0 Å². The molecule has 0 saturated carbocycles. The quantitative estimate of drug-likeness (QED) is 0.526. The third-order valence-corrected chi connectivity index (χ3v) is 2.39. The van der Waals surface area contributed by atoms with Crippen molar-refractivity contribution in [2.24, 2.45) is 0 Å². The third-order valence-electron chi connectivity index (χ3n) is 2.39. The molecule has 0 saturated heterocycles. The van der Waals surface area contributed by atoms with Crippen molar-refractivity contribution in [2.45, 2.75) is 33.1 Å². The van der Waals surface area contributed by atoms with Crippen LogP contribution < -0.4 is 0 Å². The van der Waals surface area contributed by atoms with E-state index in [9.17, 15) is 0 Å². The van der Waals surface area contributed by atoms with Crippen LogP contribution in [0.2, 0.25) is 0 Å². The van der Waals surface area contributed by atoms with Crippen molar-refractivity contribution >= 4 is 5.57 Å². The van der Waals surface area contributed by atoms with Gasteiger partial charge in [0.15, 0.2) is 0 Å². The van der Waals surface area contributed by atoms with Gasteiger partial charge in [-0.05, 0) is 30.2 Å². The Morgan fingerprint density at radius 3 is 2.29 bits per heavy atom. The van der Waals surface area contributed by atoms with Gasteiger partial charge in [-0.2, -0.15) is 0 Å². The molecule has 0 aliphatic heterocycles. The molecular weight excluding hydrogens is 206 g/mol. The van der Waals surface area contributed by atoms with Gasteiger partial charge < -0.3 is 0 Å². The summed E-state index contributed by atoms with van der Waals surface area (Å²) in [5.74, 6) is 0. The maximum atomic E-state index is 4.40. The van der Waals surface area contributed by atoms with Gasteiger partial charge in [0.25, 0.3) is 0 Å². The molecule has 0 aliphatic carbocycles. The monoisotopic (exact) mass is 229 g/mol. The summed E-state index contributed by atoms with van der Waals surface area (Å²) >= 11 is 0. The zero-order valence-corrected chi connectivity index (χ0v) is 11.5. The maximum Gasteiger partial charge on any atom is 0.0463 e. The smallest absolute Gasteiger partial charge is 0.0463 e. The van der Waals surface area contributed by atoms with Crippen molar-refractivity contribution in [3.05, 3.63) is 61.5 Å². The van der Waals surface area contributed by atoms with Gasteiger partial charge in [-0.25, -0.2) is 0 Å². The van der Waals surface area contributed by atoms with Crippen LogP contribution in [0.25, 0.3) is 5.57 Å². The molecule has 1 aromatic rings. The first-order valence-corrected chi connectivity index (χ1v) is 5.74. The molecule has 1 heterocycles. The van der Waals surface area contributed by atoms with Gasteiger partial charge in [-0.3, -0.25) is 4.98 Å². The molecule has 1 nitrogen and oxygen atoms in total. The number of hydrogen-bond acceptors (Lipinski definition) is 1. The average molecular weight is 229 g/mol. The molecule has 92 valence electrons. The summed E-state index contributed by atoms with van der Waals surface area (Å²) in [7, 11) is 0. The summed E-state index contributed by atoms with van der Waals surface area (Å²) in [4.78, 5) is 4.40. The summed E-state index contributed by atoms with van der Waals surface area (Å²) in [6.45, 7) is 18.3. The van der Waals surface area contributed by atoms with Gasteiger partial charge in [0.05, 0.1) is 0 Å². The number of rotatable bonds is 2. The summed E-state index contributed by atoms with van der Waals surface area (Å²) in [5, 5.41) is 0. The molecule has 0 radical (unpaired) electrons. The molecule has 0 aliphatic rings. The van der Waals surface area contributed by atoms with Crippen molar-refractivity contribution < 1.29 is 0 Å². The highest BCUT2D eigenvalue weighted by atomic mass is 14.7. The SMILES string of the molecule is C=C.C=C/C(=C\C)c1ccnc(C(C)(C)C)c1. The van der Waals surface area contributed by atoms with E-state index >= 15 is 0 Å². The molecular formula is C16H23N. The molecule has 0 unspecified atom stereocenters. The fourth-order valence-electron chi connectivity index (χ4n) is 1.42. The molecule has 17 heavy (non-hydrogen) atoms. The van der Waals surface area contributed by atoms with Crippen LogP contribution in [0, 0.1) is 0 Å². The van der Waals surface area contributed by atoms with E-state index in [0.717, 1.165) is 11.3 Å². The molecule has 1 heteroatoms. The van der Waals surface area contributed by atoms with Crippen LogP contribution in [-0.4, -0.2) is 4.98 Å². The Labute approximate surface area is 106 Å². The van der Waals surface area contributed by atoms with Crippen LogP contribution in [0.5, 0.6) is 0 Å². The van der Waals surface area contributed by atoms with Crippen LogP contribution in [0.1, 0.15) is 39.0 Å². The van der Waals surface area contributed by atoms with Gasteiger partial charge in [0.2, 0.25) is 0 Å². The third kappa shape index (κ3) is 4.39. The molecule has 0 N–H and O–H groups in total. The molecule has 0 amide bonds. The predicted molar refractivity (Wildman–Crippen MR) is 78.0 cm³/mol. The molecule has 0 bridgehead atoms. The zero-order valence-electron chi connectivity index (χ0n) is 11.5. The lowest BCUT2D eigenvalue weighted by atomic mass is 9.90. The molecule has 1 rings (SSSR count). The number of nitrogens with zero attached hydrogens (tertiary/aromatic N) is 1. The first kappa shape index (κ1) is 15.4. The fourth-order valence-corrected chi connectivity index (χ4v) is 1.42. The molecule has 0 aromatic carbocycles. The van der Waals surface area contributed by atoms with Crippen molar-refractivity contribution in [1.82, 2.24) is 4.98 Å². The van der Waals surface area contributed by atoms with E-state index in [1.807, 2.05) is 25.3 Å². The largest absolute Gasteiger partial charge is 0.261 e. The second kappa shape index (κ2) is 6.85. The average Bonchev–Trinajstić information content (AvgIpc) is 2.33. The van der Waals surface area contributed by atoms with E-state index in [2.05, 4.69) is 57.6 Å². The second-order valence-corrected chi connectivity index (χ2v) is 4.63. The molecule has 0 spiro atoms. The summed E-state index contributed by atoms with van der Waals surface area (Å²) < 4.78 is 0. The number of aromatic nitrogens is 1. The van der Waals surface area contributed by atoms with Crippen LogP contribution in [0.15, 0.2) is 50.2 Å². The van der Waals surface area contributed by atoms with Crippen molar-refractivity contribution in [3.63, 3.8) is 0 Å². The first-order valence-electron chi connectivity index (χ1n) is 5.74. The molecule has 0 atom stereocenters. The fraction of sp³-hybridized carbons (Fsp3) is 0.312. The lowest BCUT2D eigenvalue weighted by Crippen LogP contribution is -2.13. The van der Waals surface area contributed by atoms with Crippen LogP contribution in [-0.2, 0) is 5.41 Å². The van der Waals surface area contributed by atoms with Crippen LogP contribution in [0.4, 0.5) is 0 Å². The Kier molecular flexibility index (Phi) is 6.19. The normalized spacial score (nSPS) is 11.4. The number of allylic oxidation sites excluding steroid dienone is 3. The van der Waals surface area contributed by atoms with Gasteiger partial charge >= 0.3 is 0 Å². The second-order valence-electron chi connectivity index (χ2n) is 4.63. The predicted octanol–water partition coefficient (Wildman–Crippen LogP) is 4.77. The van der Waals surface area contributed by atoms with Gasteiger partial charge in [-0.1, -0.05) is 39.5 Å². The van der Waals surface area contributed by atoms with Gasteiger partial charge in [0, 0.05) is 17.3 Å². The first-order chi connectivity index (χ1) is 7.99. The maximum absolute atomic E-state index is 4.40. The van der Waals surface area contributed by atoms with Gasteiger partial charge in [-0.15, -0.1) is 13.2 Å². The Bertz CT molecular complexity index is 394. The van der Waals surface area contributed by atoms with E-state index < -0.39 is 0 Å². The van der Waals surface area contributed by atoms with E-state index in [0.29, 0.717) is 0 Å². The topological polar surface area (TPSA) is 12.9 Å². The lowest BCUT2D eigenvalue weighted by Gasteiger charge is -2.18. The van der Waals surface area contributed by atoms with Crippen molar-refractivity contribution in [2.75, 3.05) is 0 Å². The van der Waals surface area contributed by atoms with Gasteiger partial charge in [0.1, 0.15) is 0 Å². The minimum absolute atomic E-state index is 0.0933. The van der Waals surface area contributed by atoms with Crippen molar-refractivity contribution in [3.8, 4) is 0 Å². The van der Waals surface area contributed by atoms with E-state index in [1.54, 1.807) is 0 Å². The Balaban J connectivity index is 0.00000121.